The molecule has 0 bridgehead atoms. The fourth-order valence-corrected chi connectivity index (χ4v) is 8.49. The highest BCUT2D eigenvalue weighted by Gasteiger charge is 2.45. The highest BCUT2D eigenvalue weighted by Crippen LogP contribution is 2.63. The molecule has 4 rings (SSSR count). The van der Waals surface area contributed by atoms with E-state index in [9.17, 15) is 0 Å². The van der Waals surface area contributed by atoms with Gasteiger partial charge in [0, 0.05) is 18.4 Å². The third kappa shape index (κ3) is 4.30. The third-order valence-corrected chi connectivity index (χ3v) is 9.93. The molecule has 2 fully saturated rings. The van der Waals surface area contributed by atoms with E-state index >= 15 is 4.57 Å². The Morgan fingerprint density at radius 2 is 1.38 bits per heavy atom. The van der Waals surface area contributed by atoms with Gasteiger partial charge in [-0.15, -0.1) is 0 Å². The van der Waals surface area contributed by atoms with Crippen molar-refractivity contribution >= 4 is 12.6 Å². The number of rotatable bonds is 6. The Labute approximate surface area is 175 Å². The molecule has 0 radical (unpaired) electrons. The highest BCUT2D eigenvalue weighted by molar-refractivity contribution is 7.69. The van der Waals surface area contributed by atoms with Gasteiger partial charge in [0.2, 0.25) is 0 Å². The number of hydrogen-bond acceptors (Lipinski definition) is 3. The van der Waals surface area contributed by atoms with Crippen LogP contribution in [0.15, 0.2) is 54.6 Å². The standard InChI is InChI=1S/C24H33N2O2P/c1-28-22-15-13-21(14-16-22)24(25-17-7-3-8-18-25)29(27,23-11-5-2-6-12-23)26-19-9-4-10-20-26/h2,5-6,11-16,24H,3-4,7-10,17-20H2,1H3. The number of ether oxygens (including phenoxy) is 1. The topological polar surface area (TPSA) is 32.8 Å². The maximum Gasteiger partial charge on any atom is 0.199 e. The van der Waals surface area contributed by atoms with Crippen LogP contribution in [0, 0.1) is 0 Å². The van der Waals surface area contributed by atoms with Crippen molar-refractivity contribution < 1.29 is 9.30 Å². The van der Waals surface area contributed by atoms with Crippen LogP contribution in [0.5, 0.6) is 5.75 Å². The molecule has 0 spiro atoms. The second-order valence-electron chi connectivity index (χ2n) is 8.22. The van der Waals surface area contributed by atoms with Crippen LogP contribution in [0.25, 0.3) is 0 Å². The molecular formula is C24H33N2O2P. The van der Waals surface area contributed by atoms with E-state index in [0.717, 1.165) is 55.6 Å². The molecule has 2 heterocycles. The molecule has 0 saturated carbocycles. The molecule has 2 aliphatic heterocycles. The number of methoxy groups -OCH3 is 1. The van der Waals surface area contributed by atoms with E-state index in [1.807, 2.05) is 30.3 Å². The zero-order valence-corrected chi connectivity index (χ0v) is 18.4. The largest absolute Gasteiger partial charge is 0.497 e. The van der Waals surface area contributed by atoms with Gasteiger partial charge in [-0.2, -0.15) is 0 Å². The predicted molar refractivity (Wildman–Crippen MR) is 120 cm³/mol. The van der Waals surface area contributed by atoms with Crippen molar-refractivity contribution in [2.45, 2.75) is 44.3 Å². The first-order valence-corrected chi connectivity index (χ1v) is 12.7. The zero-order chi connectivity index (χ0) is 20.1. The SMILES string of the molecule is COc1ccc(C(N2CCCCC2)P(=O)(c2ccccc2)N2CCCCC2)cc1. The second kappa shape index (κ2) is 9.47. The lowest BCUT2D eigenvalue weighted by molar-refractivity contribution is 0.198. The first-order valence-electron chi connectivity index (χ1n) is 11.0. The minimum atomic E-state index is -2.85. The average Bonchev–Trinajstić information content (AvgIpc) is 2.81. The summed E-state index contributed by atoms with van der Waals surface area (Å²) in [5.74, 6) is 0.743. The summed E-state index contributed by atoms with van der Waals surface area (Å²) in [5, 5.41) is 0.994. The van der Waals surface area contributed by atoms with E-state index in [4.69, 9.17) is 4.74 Å². The molecule has 2 aliphatic rings. The van der Waals surface area contributed by atoms with Crippen LogP contribution in [-0.4, -0.2) is 42.9 Å². The van der Waals surface area contributed by atoms with E-state index in [-0.39, 0.29) is 5.78 Å². The lowest BCUT2D eigenvalue weighted by atomic mass is 10.1. The maximum absolute atomic E-state index is 15.2. The van der Waals surface area contributed by atoms with E-state index in [0.29, 0.717) is 0 Å². The molecule has 2 aromatic rings. The first kappa shape index (κ1) is 20.7. The van der Waals surface area contributed by atoms with Gasteiger partial charge in [-0.25, -0.2) is 4.67 Å². The van der Waals surface area contributed by atoms with Crippen LogP contribution in [0.1, 0.15) is 49.9 Å². The molecule has 29 heavy (non-hydrogen) atoms. The zero-order valence-electron chi connectivity index (χ0n) is 17.5. The average molecular weight is 413 g/mol. The van der Waals surface area contributed by atoms with Crippen molar-refractivity contribution in [3.8, 4) is 5.75 Å². The smallest absolute Gasteiger partial charge is 0.199 e. The first-order chi connectivity index (χ1) is 14.2. The van der Waals surface area contributed by atoms with Gasteiger partial charge in [0.15, 0.2) is 7.29 Å². The van der Waals surface area contributed by atoms with Crippen molar-refractivity contribution in [3.05, 3.63) is 60.2 Å². The quantitative estimate of drug-likeness (QED) is 0.605. The summed E-state index contributed by atoms with van der Waals surface area (Å²) < 4.78 is 22.9. The third-order valence-electron chi connectivity index (χ3n) is 6.36. The van der Waals surface area contributed by atoms with E-state index in [1.54, 1.807) is 7.11 Å². The summed E-state index contributed by atoms with van der Waals surface area (Å²) in [6.07, 6.45) is 7.13. The molecule has 5 heteroatoms. The summed E-state index contributed by atoms with van der Waals surface area (Å²) in [6, 6.07) is 18.5. The van der Waals surface area contributed by atoms with Crippen LogP contribution in [0.2, 0.25) is 0 Å². The van der Waals surface area contributed by atoms with Crippen LogP contribution >= 0.6 is 7.29 Å². The Kier molecular flexibility index (Phi) is 6.74. The van der Waals surface area contributed by atoms with E-state index in [1.165, 1.54) is 25.7 Å². The Bertz CT molecular complexity index is 813. The minimum Gasteiger partial charge on any atom is -0.497 e. The number of piperidine rings is 2. The van der Waals surface area contributed by atoms with Gasteiger partial charge in [-0.1, -0.05) is 55.3 Å². The van der Waals surface area contributed by atoms with E-state index in [2.05, 4.69) is 33.8 Å². The Morgan fingerprint density at radius 3 is 1.97 bits per heavy atom. The summed E-state index contributed by atoms with van der Waals surface area (Å²) >= 11 is 0. The Morgan fingerprint density at radius 1 is 0.793 bits per heavy atom. The Hall–Kier alpha value is -1.61. The van der Waals surface area contributed by atoms with Gasteiger partial charge in [0.1, 0.15) is 11.5 Å². The fourth-order valence-electron chi connectivity index (χ4n) is 4.85. The van der Waals surface area contributed by atoms with Gasteiger partial charge in [-0.05, 0) is 56.5 Å². The van der Waals surface area contributed by atoms with Gasteiger partial charge in [0.05, 0.1) is 7.11 Å². The summed E-state index contributed by atoms with van der Waals surface area (Å²) in [5.41, 5.74) is 1.14. The molecule has 4 nitrogen and oxygen atoms in total. The van der Waals surface area contributed by atoms with Gasteiger partial charge in [-0.3, -0.25) is 9.46 Å². The summed E-state index contributed by atoms with van der Waals surface area (Å²) in [7, 11) is -1.16. The fraction of sp³-hybridized carbons (Fsp3) is 0.500. The highest BCUT2D eigenvalue weighted by atomic mass is 31.2. The van der Waals surface area contributed by atoms with Crippen LogP contribution in [0.3, 0.4) is 0 Å². The van der Waals surface area contributed by atoms with Crippen molar-refractivity contribution in [2.24, 2.45) is 0 Å². The normalized spacial score (nSPS) is 22.0. The molecule has 156 valence electrons. The molecule has 0 aliphatic carbocycles. The monoisotopic (exact) mass is 412 g/mol. The van der Waals surface area contributed by atoms with Crippen LogP contribution in [0.4, 0.5) is 0 Å². The van der Waals surface area contributed by atoms with E-state index < -0.39 is 7.29 Å². The lowest BCUT2D eigenvalue weighted by Gasteiger charge is -2.45. The molecule has 2 atom stereocenters. The van der Waals surface area contributed by atoms with Gasteiger partial charge >= 0.3 is 0 Å². The number of likely N-dealkylation sites (tertiary alicyclic amines) is 1. The molecular weight excluding hydrogens is 379 g/mol. The van der Waals surface area contributed by atoms with Crippen molar-refractivity contribution in [1.29, 1.82) is 0 Å². The maximum atomic E-state index is 15.2. The van der Waals surface area contributed by atoms with Crippen molar-refractivity contribution in [3.63, 3.8) is 0 Å². The molecule has 2 aromatic carbocycles. The molecule has 0 N–H and O–H groups in total. The minimum absolute atomic E-state index is 0.103. The van der Waals surface area contributed by atoms with Gasteiger partial charge < -0.3 is 4.74 Å². The predicted octanol–water partition coefficient (Wildman–Crippen LogP) is 5.27. The number of benzene rings is 2. The van der Waals surface area contributed by atoms with Gasteiger partial charge in [0.25, 0.3) is 0 Å². The van der Waals surface area contributed by atoms with Crippen molar-refractivity contribution in [2.75, 3.05) is 33.3 Å². The molecule has 0 amide bonds. The summed E-state index contributed by atoms with van der Waals surface area (Å²) in [4.78, 5) is 2.49. The lowest BCUT2D eigenvalue weighted by Crippen LogP contribution is -2.41. The summed E-state index contributed by atoms with van der Waals surface area (Å²) in [6.45, 7) is 3.88. The molecule has 2 unspecified atom stereocenters. The van der Waals surface area contributed by atoms with Crippen LogP contribution < -0.4 is 10.0 Å². The number of hydrogen-bond donors (Lipinski definition) is 0. The molecule has 2 saturated heterocycles. The Balaban J connectivity index is 1.83. The van der Waals surface area contributed by atoms with Crippen LogP contribution in [-0.2, 0) is 4.57 Å². The molecule has 0 aromatic heterocycles. The van der Waals surface area contributed by atoms with Crippen molar-refractivity contribution in [1.82, 2.24) is 9.57 Å². The second-order valence-corrected chi connectivity index (χ2v) is 11.0. The number of nitrogens with zero attached hydrogens (tertiary/aromatic N) is 2.